The number of carbonyl (C=O) groups excluding carboxylic acids is 2. The predicted octanol–water partition coefficient (Wildman–Crippen LogP) is 0.913. The summed E-state index contributed by atoms with van der Waals surface area (Å²) in [6.45, 7) is 0.419. The number of ether oxygens (including phenoxy) is 1. The highest BCUT2D eigenvalue weighted by molar-refractivity contribution is 6.01. The number of imide groups is 1. The van der Waals surface area contributed by atoms with Crippen molar-refractivity contribution in [3.05, 3.63) is 29.8 Å². The van der Waals surface area contributed by atoms with Crippen molar-refractivity contribution < 1.29 is 24.2 Å². The van der Waals surface area contributed by atoms with Gasteiger partial charge in [0, 0.05) is 12.8 Å². The number of aromatic carboxylic acids is 1. The molecule has 1 fully saturated rings. The summed E-state index contributed by atoms with van der Waals surface area (Å²) in [5.74, 6) is -0.839. The Morgan fingerprint density at radius 2 is 1.74 bits per heavy atom. The van der Waals surface area contributed by atoms with Crippen molar-refractivity contribution in [1.29, 1.82) is 0 Å². The number of carboxylic acids is 1. The summed E-state index contributed by atoms with van der Waals surface area (Å²) in [6, 6.07) is 5.95. The second kappa shape index (κ2) is 5.51. The van der Waals surface area contributed by atoms with E-state index >= 15 is 0 Å². The lowest BCUT2D eigenvalue weighted by Crippen LogP contribution is -2.33. The van der Waals surface area contributed by atoms with Crippen LogP contribution >= 0.6 is 0 Å². The largest absolute Gasteiger partial charge is 0.492 e. The molecule has 19 heavy (non-hydrogen) atoms. The van der Waals surface area contributed by atoms with E-state index in [1.807, 2.05) is 0 Å². The van der Waals surface area contributed by atoms with E-state index in [4.69, 9.17) is 9.84 Å². The molecule has 2 amide bonds. The third-order valence-electron chi connectivity index (χ3n) is 2.84. The van der Waals surface area contributed by atoms with Gasteiger partial charge in [0.05, 0.1) is 12.1 Å². The van der Waals surface area contributed by atoms with Crippen LogP contribution in [0.15, 0.2) is 24.3 Å². The fourth-order valence-corrected chi connectivity index (χ4v) is 1.82. The van der Waals surface area contributed by atoms with Crippen LogP contribution in [0, 0.1) is 0 Å². The molecule has 6 heteroatoms. The number of carbonyl (C=O) groups is 3. The van der Waals surface area contributed by atoms with Crippen LogP contribution < -0.4 is 4.74 Å². The number of carboxylic acid groups (broad SMARTS) is 1. The SMILES string of the molecule is O=C(O)c1ccc(OCCN2C(=O)CCC2=O)cc1. The van der Waals surface area contributed by atoms with Gasteiger partial charge in [0.2, 0.25) is 11.8 Å². The highest BCUT2D eigenvalue weighted by Gasteiger charge is 2.28. The molecule has 100 valence electrons. The zero-order valence-corrected chi connectivity index (χ0v) is 10.2. The van der Waals surface area contributed by atoms with Crippen molar-refractivity contribution >= 4 is 17.8 Å². The first kappa shape index (κ1) is 13.1. The zero-order valence-electron chi connectivity index (χ0n) is 10.2. The Morgan fingerprint density at radius 3 is 2.26 bits per heavy atom. The van der Waals surface area contributed by atoms with E-state index < -0.39 is 5.97 Å². The van der Waals surface area contributed by atoms with E-state index in [2.05, 4.69) is 0 Å². The number of amides is 2. The fourth-order valence-electron chi connectivity index (χ4n) is 1.82. The molecule has 1 heterocycles. The van der Waals surface area contributed by atoms with Gasteiger partial charge in [0.25, 0.3) is 0 Å². The normalized spacial score (nSPS) is 14.8. The Kier molecular flexibility index (Phi) is 3.79. The minimum atomic E-state index is -1.00. The van der Waals surface area contributed by atoms with E-state index in [-0.39, 0.29) is 43.4 Å². The third kappa shape index (κ3) is 3.09. The molecule has 0 radical (unpaired) electrons. The number of hydrogen-bond donors (Lipinski definition) is 1. The second-order valence-electron chi connectivity index (χ2n) is 4.12. The first-order valence-electron chi connectivity index (χ1n) is 5.87. The van der Waals surface area contributed by atoms with Crippen LogP contribution in [-0.2, 0) is 9.59 Å². The molecule has 0 bridgehead atoms. The average Bonchev–Trinajstić information content (AvgIpc) is 2.71. The maximum Gasteiger partial charge on any atom is 0.335 e. The molecule has 1 saturated heterocycles. The van der Waals surface area contributed by atoms with E-state index in [0.717, 1.165) is 0 Å². The molecule has 1 aromatic rings. The maximum atomic E-state index is 11.3. The van der Waals surface area contributed by atoms with Crippen molar-refractivity contribution in [3.8, 4) is 5.75 Å². The van der Waals surface area contributed by atoms with Gasteiger partial charge in [-0.3, -0.25) is 14.5 Å². The standard InChI is InChI=1S/C13H13NO5/c15-11-5-6-12(16)14(11)7-8-19-10-3-1-9(2-4-10)13(17)18/h1-4H,5-8H2,(H,17,18). The second-order valence-corrected chi connectivity index (χ2v) is 4.12. The lowest BCUT2D eigenvalue weighted by Gasteiger charge is -2.14. The first-order valence-corrected chi connectivity index (χ1v) is 5.87. The van der Waals surface area contributed by atoms with Crippen molar-refractivity contribution in [2.24, 2.45) is 0 Å². The Labute approximate surface area is 109 Å². The van der Waals surface area contributed by atoms with Crippen molar-refractivity contribution in [2.45, 2.75) is 12.8 Å². The van der Waals surface area contributed by atoms with Gasteiger partial charge in [0.1, 0.15) is 12.4 Å². The molecule has 2 rings (SSSR count). The van der Waals surface area contributed by atoms with Gasteiger partial charge in [-0.25, -0.2) is 4.79 Å². The van der Waals surface area contributed by atoms with E-state index in [1.54, 1.807) is 0 Å². The maximum absolute atomic E-state index is 11.3. The summed E-state index contributed by atoms with van der Waals surface area (Å²) < 4.78 is 5.36. The molecule has 1 aromatic carbocycles. The van der Waals surface area contributed by atoms with Gasteiger partial charge < -0.3 is 9.84 Å². The summed E-state index contributed by atoms with van der Waals surface area (Å²) in [5.41, 5.74) is 0.178. The van der Waals surface area contributed by atoms with Crippen molar-refractivity contribution in [1.82, 2.24) is 4.90 Å². The zero-order chi connectivity index (χ0) is 13.8. The Bertz CT molecular complexity index is 492. The van der Waals surface area contributed by atoms with E-state index in [9.17, 15) is 14.4 Å². The molecule has 1 aliphatic rings. The van der Waals surface area contributed by atoms with Crippen LogP contribution in [0.2, 0.25) is 0 Å². The number of hydrogen-bond acceptors (Lipinski definition) is 4. The molecule has 6 nitrogen and oxygen atoms in total. The Balaban J connectivity index is 1.84. The molecular weight excluding hydrogens is 250 g/mol. The van der Waals surface area contributed by atoms with Gasteiger partial charge in [0.15, 0.2) is 0 Å². The molecule has 1 aliphatic heterocycles. The van der Waals surface area contributed by atoms with Crippen molar-refractivity contribution in [3.63, 3.8) is 0 Å². The van der Waals surface area contributed by atoms with Crippen molar-refractivity contribution in [2.75, 3.05) is 13.2 Å². The summed E-state index contributed by atoms with van der Waals surface area (Å²) in [7, 11) is 0. The van der Waals surface area contributed by atoms with Gasteiger partial charge in [-0.2, -0.15) is 0 Å². The molecule has 0 aromatic heterocycles. The van der Waals surface area contributed by atoms with Crippen LogP contribution in [0.4, 0.5) is 0 Å². The Morgan fingerprint density at radius 1 is 1.16 bits per heavy atom. The summed E-state index contributed by atoms with van der Waals surface area (Å²) in [6.07, 6.45) is 0.540. The molecule has 0 unspecified atom stereocenters. The quantitative estimate of drug-likeness (QED) is 0.798. The summed E-state index contributed by atoms with van der Waals surface area (Å²) in [5, 5.41) is 8.73. The van der Waals surface area contributed by atoms with Crippen LogP contribution in [-0.4, -0.2) is 40.9 Å². The number of rotatable bonds is 5. The number of benzene rings is 1. The third-order valence-corrected chi connectivity index (χ3v) is 2.84. The molecule has 0 aliphatic carbocycles. The van der Waals surface area contributed by atoms with Gasteiger partial charge in [-0.05, 0) is 24.3 Å². The molecule has 0 spiro atoms. The molecular formula is C13H13NO5. The highest BCUT2D eigenvalue weighted by atomic mass is 16.5. The van der Waals surface area contributed by atoms with E-state index in [0.29, 0.717) is 5.75 Å². The van der Waals surface area contributed by atoms with Crippen LogP contribution in [0.5, 0.6) is 5.75 Å². The Hall–Kier alpha value is -2.37. The average molecular weight is 263 g/mol. The predicted molar refractivity (Wildman–Crippen MR) is 64.9 cm³/mol. The van der Waals surface area contributed by atoms with Gasteiger partial charge >= 0.3 is 5.97 Å². The molecule has 1 N–H and O–H groups in total. The van der Waals surface area contributed by atoms with Gasteiger partial charge in [-0.15, -0.1) is 0 Å². The molecule has 0 saturated carbocycles. The topological polar surface area (TPSA) is 83.9 Å². The smallest absolute Gasteiger partial charge is 0.335 e. The lowest BCUT2D eigenvalue weighted by atomic mass is 10.2. The minimum absolute atomic E-state index is 0.171. The minimum Gasteiger partial charge on any atom is -0.492 e. The summed E-state index contributed by atoms with van der Waals surface area (Å²) in [4.78, 5) is 34.5. The fraction of sp³-hybridized carbons (Fsp3) is 0.308. The summed E-state index contributed by atoms with van der Waals surface area (Å²) >= 11 is 0. The number of nitrogens with zero attached hydrogens (tertiary/aromatic N) is 1. The monoisotopic (exact) mass is 263 g/mol. The van der Waals surface area contributed by atoms with Gasteiger partial charge in [-0.1, -0.05) is 0 Å². The highest BCUT2D eigenvalue weighted by Crippen LogP contribution is 2.14. The molecule has 0 atom stereocenters. The first-order chi connectivity index (χ1) is 9.08. The van der Waals surface area contributed by atoms with E-state index in [1.165, 1.54) is 29.2 Å². The van der Waals surface area contributed by atoms with Crippen LogP contribution in [0.25, 0.3) is 0 Å². The number of likely N-dealkylation sites (tertiary alicyclic amines) is 1. The van der Waals surface area contributed by atoms with Crippen LogP contribution in [0.1, 0.15) is 23.2 Å². The van der Waals surface area contributed by atoms with Crippen LogP contribution in [0.3, 0.4) is 0 Å². The lowest BCUT2D eigenvalue weighted by molar-refractivity contribution is -0.138.